The van der Waals surface area contributed by atoms with Crippen molar-refractivity contribution in [2.75, 3.05) is 19.0 Å². The normalized spacial score (nSPS) is 23.4. The zero-order chi connectivity index (χ0) is 17.7. The molecule has 0 aromatic heterocycles. The van der Waals surface area contributed by atoms with Gasteiger partial charge < -0.3 is 20.5 Å². The van der Waals surface area contributed by atoms with Crippen LogP contribution in [0.1, 0.15) is 38.2 Å². The number of esters is 1. The molecule has 1 saturated carbocycles. The second kappa shape index (κ2) is 7.66. The van der Waals surface area contributed by atoms with Crippen molar-refractivity contribution in [3.05, 3.63) is 23.8 Å². The lowest BCUT2D eigenvalue weighted by Gasteiger charge is -2.37. The van der Waals surface area contributed by atoms with Crippen molar-refractivity contribution < 1.29 is 19.1 Å². The molecule has 1 aromatic rings. The molecular weight excluding hydrogens is 308 g/mol. The maximum Gasteiger partial charge on any atom is 0.343 e. The topological polar surface area (TPSA) is 90.6 Å². The maximum atomic E-state index is 12.6. The lowest BCUT2D eigenvalue weighted by Crippen LogP contribution is -2.51. The first-order valence-electron chi connectivity index (χ1n) is 8.23. The van der Waals surface area contributed by atoms with Gasteiger partial charge in [-0.25, -0.2) is 4.79 Å². The Labute approximate surface area is 142 Å². The quantitative estimate of drug-likeness (QED) is 0.807. The molecule has 2 unspecified atom stereocenters. The third-order valence-corrected chi connectivity index (χ3v) is 4.61. The highest BCUT2D eigenvalue weighted by Crippen LogP contribution is 2.33. The van der Waals surface area contributed by atoms with Gasteiger partial charge in [-0.05, 0) is 50.5 Å². The molecule has 1 amide bonds. The number of ether oxygens (including phenoxy) is 2. The molecule has 0 aliphatic heterocycles. The summed E-state index contributed by atoms with van der Waals surface area (Å²) in [7, 11) is 1.31. The first-order valence-corrected chi connectivity index (χ1v) is 8.23. The van der Waals surface area contributed by atoms with Crippen LogP contribution in [0, 0.1) is 12.8 Å². The summed E-state index contributed by atoms with van der Waals surface area (Å²) >= 11 is 0. The van der Waals surface area contributed by atoms with E-state index in [4.69, 9.17) is 10.5 Å². The highest BCUT2D eigenvalue weighted by molar-refractivity contribution is 5.94. The Morgan fingerprint density at radius 3 is 2.75 bits per heavy atom. The molecule has 0 saturated heterocycles. The fraction of sp³-hybridized carbons (Fsp3) is 0.556. The molecule has 1 fully saturated rings. The van der Waals surface area contributed by atoms with E-state index < -0.39 is 11.5 Å². The van der Waals surface area contributed by atoms with Crippen molar-refractivity contribution in [2.24, 2.45) is 11.7 Å². The van der Waals surface area contributed by atoms with Crippen LogP contribution in [0.5, 0.6) is 5.75 Å². The number of benzene rings is 1. The molecule has 6 nitrogen and oxygen atoms in total. The van der Waals surface area contributed by atoms with Crippen molar-refractivity contribution in [1.82, 2.24) is 0 Å². The van der Waals surface area contributed by atoms with Crippen LogP contribution in [0.3, 0.4) is 0 Å². The molecule has 132 valence electrons. The molecule has 3 N–H and O–H groups in total. The summed E-state index contributed by atoms with van der Waals surface area (Å²) < 4.78 is 9.87. The number of hydrogen-bond donors (Lipinski definition) is 2. The average Bonchev–Trinajstić information content (AvgIpc) is 2.54. The summed E-state index contributed by atoms with van der Waals surface area (Å²) in [5, 5.41) is 2.97. The van der Waals surface area contributed by atoms with E-state index >= 15 is 0 Å². The Bertz CT molecular complexity index is 613. The van der Waals surface area contributed by atoms with Gasteiger partial charge in [0.25, 0.3) is 0 Å². The summed E-state index contributed by atoms with van der Waals surface area (Å²) in [5.74, 6) is -0.103. The Morgan fingerprint density at radius 1 is 1.38 bits per heavy atom. The number of amides is 1. The average molecular weight is 334 g/mol. The smallest absolute Gasteiger partial charge is 0.343 e. The molecule has 2 atom stereocenters. The van der Waals surface area contributed by atoms with E-state index in [-0.39, 0.29) is 18.4 Å². The van der Waals surface area contributed by atoms with Crippen LogP contribution in [-0.2, 0) is 14.3 Å². The molecule has 0 spiro atoms. The van der Waals surface area contributed by atoms with Crippen molar-refractivity contribution in [1.29, 1.82) is 0 Å². The number of anilines is 1. The maximum absolute atomic E-state index is 12.6. The lowest BCUT2D eigenvalue weighted by molar-refractivity contribution is -0.142. The van der Waals surface area contributed by atoms with E-state index in [9.17, 15) is 9.59 Å². The van der Waals surface area contributed by atoms with E-state index in [2.05, 4.69) is 10.1 Å². The van der Waals surface area contributed by atoms with E-state index in [1.54, 1.807) is 18.2 Å². The monoisotopic (exact) mass is 334 g/mol. The van der Waals surface area contributed by atoms with Crippen molar-refractivity contribution in [2.45, 2.75) is 45.1 Å². The van der Waals surface area contributed by atoms with Crippen LogP contribution in [0.4, 0.5) is 5.69 Å². The largest absolute Gasteiger partial charge is 0.482 e. The van der Waals surface area contributed by atoms with Crippen LogP contribution in [0.2, 0.25) is 0 Å². The molecular formula is C18H26N2O4. The lowest BCUT2D eigenvalue weighted by atomic mass is 9.74. The number of hydrogen-bond acceptors (Lipinski definition) is 5. The Balaban J connectivity index is 2.02. The van der Waals surface area contributed by atoms with Crippen LogP contribution in [0.15, 0.2) is 18.2 Å². The fourth-order valence-electron chi connectivity index (χ4n) is 3.08. The molecule has 1 aromatic carbocycles. The zero-order valence-electron chi connectivity index (χ0n) is 14.6. The number of carbonyl (C=O) groups excluding carboxylic acids is 2. The van der Waals surface area contributed by atoms with Crippen LogP contribution < -0.4 is 15.8 Å². The summed E-state index contributed by atoms with van der Waals surface area (Å²) in [5.41, 5.74) is 7.43. The van der Waals surface area contributed by atoms with Crippen LogP contribution in [0.25, 0.3) is 0 Å². The molecule has 1 aliphatic carbocycles. The van der Waals surface area contributed by atoms with Gasteiger partial charge in [-0.3, -0.25) is 4.79 Å². The number of nitrogens with one attached hydrogen (secondary N) is 1. The van der Waals surface area contributed by atoms with Gasteiger partial charge in [-0.1, -0.05) is 12.8 Å². The Morgan fingerprint density at radius 2 is 2.12 bits per heavy atom. The SMILES string of the molecule is COC(=O)COc1ccc(NC(=O)C2CCCCC2(C)N)c(C)c1. The predicted octanol–water partition coefficient (Wildman–Crippen LogP) is 2.39. The van der Waals surface area contributed by atoms with Crippen molar-refractivity contribution in [3.8, 4) is 5.75 Å². The number of aryl methyl sites for hydroxylation is 1. The van der Waals surface area contributed by atoms with E-state index in [1.807, 2.05) is 13.8 Å². The molecule has 1 aliphatic rings. The Kier molecular flexibility index (Phi) is 5.83. The van der Waals surface area contributed by atoms with Crippen molar-refractivity contribution >= 4 is 17.6 Å². The van der Waals surface area contributed by atoms with Gasteiger partial charge >= 0.3 is 5.97 Å². The van der Waals surface area contributed by atoms with Gasteiger partial charge in [0.1, 0.15) is 5.75 Å². The first kappa shape index (κ1) is 18.3. The molecule has 6 heteroatoms. The predicted molar refractivity (Wildman–Crippen MR) is 91.9 cm³/mol. The number of nitrogens with two attached hydrogens (primary N) is 1. The molecule has 24 heavy (non-hydrogen) atoms. The summed E-state index contributed by atoms with van der Waals surface area (Å²) in [6.45, 7) is 3.69. The summed E-state index contributed by atoms with van der Waals surface area (Å²) in [4.78, 5) is 23.7. The summed E-state index contributed by atoms with van der Waals surface area (Å²) in [6, 6.07) is 5.27. The molecule has 2 rings (SSSR count). The van der Waals surface area contributed by atoms with Gasteiger partial charge in [-0.15, -0.1) is 0 Å². The number of methoxy groups -OCH3 is 1. The minimum absolute atomic E-state index is 0.0361. The minimum Gasteiger partial charge on any atom is -0.482 e. The first-order chi connectivity index (χ1) is 11.3. The van der Waals surface area contributed by atoms with Gasteiger partial charge in [0.15, 0.2) is 6.61 Å². The highest BCUT2D eigenvalue weighted by Gasteiger charge is 2.37. The molecule has 0 heterocycles. The van der Waals surface area contributed by atoms with Gasteiger partial charge in [0, 0.05) is 11.2 Å². The van der Waals surface area contributed by atoms with Gasteiger partial charge in [0.2, 0.25) is 5.91 Å². The number of carbonyl (C=O) groups is 2. The second-order valence-electron chi connectivity index (χ2n) is 6.63. The van der Waals surface area contributed by atoms with Crippen molar-refractivity contribution in [3.63, 3.8) is 0 Å². The van der Waals surface area contributed by atoms with Crippen LogP contribution in [-0.4, -0.2) is 31.1 Å². The number of rotatable bonds is 5. The van der Waals surface area contributed by atoms with E-state index in [1.165, 1.54) is 7.11 Å². The van der Waals surface area contributed by atoms with E-state index in [0.29, 0.717) is 5.75 Å². The summed E-state index contributed by atoms with van der Waals surface area (Å²) in [6.07, 6.45) is 3.79. The standard InChI is InChI=1S/C18H26N2O4/c1-12-10-13(24-11-16(21)23-3)7-8-15(12)20-17(22)14-6-4-5-9-18(14,2)19/h7-8,10,14H,4-6,9,11,19H2,1-3H3,(H,20,22). The molecule has 0 bridgehead atoms. The van der Waals surface area contributed by atoms with Gasteiger partial charge in [-0.2, -0.15) is 0 Å². The van der Waals surface area contributed by atoms with Gasteiger partial charge in [0.05, 0.1) is 13.0 Å². The molecule has 0 radical (unpaired) electrons. The second-order valence-corrected chi connectivity index (χ2v) is 6.63. The third-order valence-electron chi connectivity index (χ3n) is 4.61. The Hall–Kier alpha value is -2.08. The fourth-order valence-corrected chi connectivity index (χ4v) is 3.08. The third kappa shape index (κ3) is 4.47. The van der Waals surface area contributed by atoms with Crippen LogP contribution >= 0.6 is 0 Å². The van der Waals surface area contributed by atoms with E-state index in [0.717, 1.165) is 36.9 Å². The minimum atomic E-state index is -0.459. The highest BCUT2D eigenvalue weighted by atomic mass is 16.6. The zero-order valence-corrected chi connectivity index (χ0v) is 14.6.